The summed E-state index contributed by atoms with van der Waals surface area (Å²) in [5, 5.41) is 0. The van der Waals surface area contributed by atoms with Crippen LogP contribution in [0.3, 0.4) is 0 Å². The Morgan fingerprint density at radius 2 is 1.22 bits per heavy atom. The largest absolute Gasteiger partial charge is 0.461 e. The van der Waals surface area contributed by atoms with Gasteiger partial charge in [-0.25, -0.2) is 19.6 Å². The smallest absolute Gasteiger partial charge is 0.358 e. The summed E-state index contributed by atoms with van der Waals surface area (Å²) in [7, 11) is 0. The second kappa shape index (κ2) is 6.09. The van der Waals surface area contributed by atoms with Crippen LogP contribution in [-0.4, -0.2) is 35.1 Å². The first-order chi connectivity index (χ1) is 8.51. The number of aryl methyl sites for hydroxylation is 2. The standard InChI is InChI=1S/C12H16N2O4/c1-5-17-11(15)9-7(3)14-10(8(4)13-9)12(16)18-6-2/h5-6H2,1-4H3. The second-order valence-corrected chi connectivity index (χ2v) is 3.53. The highest BCUT2D eigenvalue weighted by Gasteiger charge is 2.20. The monoisotopic (exact) mass is 252 g/mol. The van der Waals surface area contributed by atoms with Gasteiger partial charge in [-0.1, -0.05) is 0 Å². The van der Waals surface area contributed by atoms with Crippen molar-refractivity contribution in [3.05, 3.63) is 22.8 Å². The molecule has 0 aliphatic heterocycles. The molecule has 0 aliphatic rings. The van der Waals surface area contributed by atoms with Crippen LogP contribution in [0.2, 0.25) is 0 Å². The highest BCUT2D eigenvalue weighted by Crippen LogP contribution is 2.10. The molecule has 18 heavy (non-hydrogen) atoms. The van der Waals surface area contributed by atoms with Crippen molar-refractivity contribution < 1.29 is 19.1 Å². The predicted molar refractivity (Wildman–Crippen MR) is 63.4 cm³/mol. The van der Waals surface area contributed by atoms with E-state index in [0.29, 0.717) is 11.4 Å². The van der Waals surface area contributed by atoms with Crippen LogP contribution in [0.1, 0.15) is 46.2 Å². The molecule has 1 rings (SSSR count). The summed E-state index contributed by atoms with van der Waals surface area (Å²) in [5.74, 6) is -1.08. The molecular formula is C12H16N2O4. The minimum Gasteiger partial charge on any atom is -0.461 e. The number of hydrogen-bond acceptors (Lipinski definition) is 6. The summed E-state index contributed by atoms with van der Waals surface area (Å²) >= 11 is 0. The molecule has 0 radical (unpaired) electrons. The van der Waals surface area contributed by atoms with Gasteiger partial charge in [0.1, 0.15) is 0 Å². The zero-order valence-corrected chi connectivity index (χ0v) is 10.9. The summed E-state index contributed by atoms with van der Waals surface area (Å²) in [5.41, 5.74) is 0.953. The number of carbonyl (C=O) groups excluding carboxylic acids is 2. The Morgan fingerprint density at radius 3 is 1.50 bits per heavy atom. The van der Waals surface area contributed by atoms with Crippen molar-refractivity contribution in [3.8, 4) is 0 Å². The highest BCUT2D eigenvalue weighted by atomic mass is 16.5. The van der Waals surface area contributed by atoms with Gasteiger partial charge < -0.3 is 9.47 Å². The summed E-state index contributed by atoms with van der Waals surface area (Å²) in [6.45, 7) is 7.14. The minimum atomic E-state index is -0.541. The molecule has 0 saturated heterocycles. The van der Waals surface area contributed by atoms with Crippen LogP contribution in [0.5, 0.6) is 0 Å². The number of nitrogens with zero attached hydrogens (tertiary/aromatic N) is 2. The molecule has 0 amide bonds. The Kier molecular flexibility index (Phi) is 4.76. The zero-order valence-electron chi connectivity index (χ0n) is 10.9. The van der Waals surface area contributed by atoms with Crippen LogP contribution < -0.4 is 0 Å². The van der Waals surface area contributed by atoms with Crippen LogP contribution in [0.4, 0.5) is 0 Å². The van der Waals surface area contributed by atoms with Gasteiger partial charge in [0.15, 0.2) is 11.4 Å². The molecule has 1 aromatic heterocycles. The fraction of sp³-hybridized carbons (Fsp3) is 0.500. The Labute approximate surface area is 105 Å². The molecule has 0 bridgehead atoms. The molecule has 1 aromatic rings. The van der Waals surface area contributed by atoms with Gasteiger partial charge in [-0.15, -0.1) is 0 Å². The van der Waals surface area contributed by atoms with E-state index in [1.807, 2.05) is 0 Å². The predicted octanol–water partition coefficient (Wildman–Crippen LogP) is 1.45. The van der Waals surface area contributed by atoms with E-state index in [0.717, 1.165) is 0 Å². The number of aromatic nitrogens is 2. The van der Waals surface area contributed by atoms with Crippen molar-refractivity contribution in [2.24, 2.45) is 0 Å². The van der Waals surface area contributed by atoms with Gasteiger partial charge >= 0.3 is 11.9 Å². The first kappa shape index (κ1) is 14.1. The Hall–Kier alpha value is -1.98. The van der Waals surface area contributed by atoms with Gasteiger partial charge in [0, 0.05) is 0 Å². The van der Waals surface area contributed by atoms with Gasteiger partial charge in [-0.05, 0) is 27.7 Å². The lowest BCUT2D eigenvalue weighted by Crippen LogP contribution is -2.17. The maximum atomic E-state index is 11.6. The lowest BCUT2D eigenvalue weighted by molar-refractivity contribution is 0.0497. The van der Waals surface area contributed by atoms with Gasteiger partial charge in [0.2, 0.25) is 0 Å². The number of rotatable bonds is 4. The molecule has 6 heteroatoms. The molecule has 0 fully saturated rings. The number of esters is 2. The van der Waals surface area contributed by atoms with Gasteiger partial charge in [0.25, 0.3) is 0 Å². The van der Waals surface area contributed by atoms with E-state index in [1.54, 1.807) is 27.7 Å². The Bertz CT molecular complexity index is 428. The third kappa shape index (κ3) is 3.03. The highest BCUT2D eigenvalue weighted by molar-refractivity contribution is 5.91. The van der Waals surface area contributed by atoms with Crippen LogP contribution in [0.15, 0.2) is 0 Å². The molecular weight excluding hydrogens is 236 g/mol. The van der Waals surface area contributed by atoms with E-state index in [2.05, 4.69) is 9.97 Å². The average Bonchev–Trinajstić information content (AvgIpc) is 2.32. The Balaban J connectivity index is 3.11. The molecule has 0 N–H and O–H groups in total. The van der Waals surface area contributed by atoms with Crippen molar-refractivity contribution >= 4 is 11.9 Å². The second-order valence-electron chi connectivity index (χ2n) is 3.53. The lowest BCUT2D eigenvalue weighted by atomic mass is 10.2. The van der Waals surface area contributed by atoms with Crippen molar-refractivity contribution in [1.82, 2.24) is 9.97 Å². The van der Waals surface area contributed by atoms with E-state index in [4.69, 9.17) is 9.47 Å². The van der Waals surface area contributed by atoms with E-state index >= 15 is 0 Å². The molecule has 0 atom stereocenters. The number of carbonyl (C=O) groups is 2. The summed E-state index contributed by atoms with van der Waals surface area (Å²) < 4.78 is 9.71. The number of hydrogen-bond donors (Lipinski definition) is 0. The van der Waals surface area contributed by atoms with E-state index in [1.165, 1.54) is 0 Å². The molecule has 0 saturated carbocycles. The lowest BCUT2D eigenvalue weighted by Gasteiger charge is -2.08. The van der Waals surface area contributed by atoms with Crippen molar-refractivity contribution in [2.75, 3.05) is 13.2 Å². The van der Waals surface area contributed by atoms with Crippen LogP contribution >= 0.6 is 0 Å². The van der Waals surface area contributed by atoms with Crippen LogP contribution in [0, 0.1) is 13.8 Å². The van der Waals surface area contributed by atoms with Crippen LogP contribution in [-0.2, 0) is 9.47 Å². The molecule has 1 heterocycles. The molecule has 6 nitrogen and oxygen atoms in total. The SMILES string of the molecule is CCOC(=O)c1nc(C)c(C(=O)OCC)nc1C. The normalized spacial score (nSPS) is 10.0. The molecule has 98 valence electrons. The Morgan fingerprint density at radius 1 is 0.889 bits per heavy atom. The average molecular weight is 252 g/mol. The topological polar surface area (TPSA) is 78.4 Å². The first-order valence-corrected chi connectivity index (χ1v) is 5.70. The maximum Gasteiger partial charge on any atom is 0.358 e. The van der Waals surface area contributed by atoms with Crippen molar-refractivity contribution in [3.63, 3.8) is 0 Å². The quantitative estimate of drug-likeness (QED) is 0.754. The fourth-order valence-corrected chi connectivity index (χ4v) is 1.39. The summed E-state index contributed by atoms with van der Waals surface area (Å²) in [6, 6.07) is 0. The van der Waals surface area contributed by atoms with Crippen LogP contribution in [0.25, 0.3) is 0 Å². The minimum absolute atomic E-state index is 0.127. The van der Waals surface area contributed by atoms with Gasteiger partial charge in [-0.2, -0.15) is 0 Å². The van der Waals surface area contributed by atoms with Gasteiger partial charge in [0.05, 0.1) is 24.6 Å². The van der Waals surface area contributed by atoms with E-state index in [-0.39, 0.29) is 24.6 Å². The van der Waals surface area contributed by atoms with Crippen molar-refractivity contribution in [2.45, 2.75) is 27.7 Å². The summed E-state index contributed by atoms with van der Waals surface area (Å²) in [6.07, 6.45) is 0. The molecule has 0 aromatic carbocycles. The zero-order chi connectivity index (χ0) is 13.7. The third-order valence-electron chi connectivity index (χ3n) is 2.18. The first-order valence-electron chi connectivity index (χ1n) is 5.70. The maximum absolute atomic E-state index is 11.6. The molecule has 0 aliphatic carbocycles. The van der Waals surface area contributed by atoms with E-state index in [9.17, 15) is 9.59 Å². The van der Waals surface area contributed by atoms with Crippen molar-refractivity contribution in [1.29, 1.82) is 0 Å². The fourth-order valence-electron chi connectivity index (χ4n) is 1.39. The van der Waals surface area contributed by atoms with E-state index < -0.39 is 11.9 Å². The molecule has 0 spiro atoms. The number of ether oxygens (including phenoxy) is 2. The summed E-state index contributed by atoms with van der Waals surface area (Å²) in [4.78, 5) is 31.3. The molecule has 0 unspecified atom stereocenters. The third-order valence-corrected chi connectivity index (χ3v) is 2.18. The van der Waals surface area contributed by atoms with Gasteiger partial charge in [-0.3, -0.25) is 0 Å².